The lowest BCUT2D eigenvalue weighted by molar-refractivity contribution is -0.115. The van der Waals surface area contributed by atoms with Crippen LogP contribution in [0.1, 0.15) is 25.0 Å². The smallest absolute Gasteiger partial charge is 0.290 e. The molecule has 0 aromatic carbocycles. The molecule has 1 aromatic heterocycles. The number of piperidine rings is 1. The minimum atomic E-state index is -0.373. The minimum Gasteiger partial charge on any atom is -0.350 e. The number of thioether (sulfide) groups is 1. The van der Waals surface area contributed by atoms with E-state index in [1.807, 2.05) is 0 Å². The molecule has 0 radical (unpaired) electrons. The summed E-state index contributed by atoms with van der Waals surface area (Å²) in [6.45, 7) is 5.57. The molecule has 8 nitrogen and oxygen atoms in total. The lowest BCUT2D eigenvalue weighted by atomic mass is 10.0. The van der Waals surface area contributed by atoms with Crippen LogP contribution in [-0.4, -0.2) is 64.8 Å². The SMILES string of the molecule is O=C1NC(=O)/C(=C/c2ccnc(N[C@H]3CCCN(CC4CCNC4)C3)n2)S1. The Balaban J connectivity index is 1.37. The number of hydrogen-bond acceptors (Lipinski definition) is 8. The lowest BCUT2D eigenvalue weighted by Gasteiger charge is -2.34. The van der Waals surface area contributed by atoms with Gasteiger partial charge in [-0.15, -0.1) is 0 Å². The Morgan fingerprint density at radius 3 is 3.07 bits per heavy atom. The number of rotatable bonds is 5. The summed E-state index contributed by atoms with van der Waals surface area (Å²) in [5.74, 6) is 0.948. The molecule has 27 heavy (non-hydrogen) atoms. The molecule has 3 fully saturated rings. The van der Waals surface area contributed by atoms with Gasteiger partial charge in [-0.2, -0.15) is 0 Å². The number of nitrogens with one attached hydrogen (secondary N) is 3. The van der Waals surface area contributed by atoms with Crippen molar-refractivity contribution in [2.45, 2.75) is 25.3 Å². The second-order valence-corrected chi connectivity index (χ2v) is 8.27. The van der Waals surface area contributed by atoms with E-state index in [0.29, 0.717) is 22.6 Å². The maximum absolute atomic E-state index is 11.7. The van der Waals surface area contributed by atoms with E-state index in [1.54, 1.807) is 18.3 Å². The largest absolute Gasteiger partial charge is 0.350 e. The Morgan fingerprint density at radius 2 is 2.30 bits per heavy atom. The van der Waals surface area contributed by atoms with Crippen molar-refractivity contribution in [1.82, 2.24) is 25.5 Å². The van der Waals surface area contributed by atoms with Gasteiger partial charge in [0.2, 0.25) is 5.95 Å². The first-order valence-electron chi connectivity index (χ1n) is 9.43. The van der Waals surface area contributed by atoms with E-state index in [-0.39, 0.29) is 11.1 Å². The van der Waals surface area contributed by atoms with Crippen molar-refractivity contribution in [2.75, 3.05) is 38.0 Å². The number of carbonyl (C=O) groups excluding carboxylic acids is 2. The van der Waals surface area contributed by atoms with Gasteiger partial charge in [-0.3, -0.25) is 14.9 Å². The molecule has 1 unspecified atom stereocenters. The van der Waals surface area contributed by atoms with Crippen LogP contribution < -0.4 is 16.0 Å². The molecule has 144 valence electrons. The van der Waals surface area contributed by atoms with Gasteiger partial charge >= 0.3 is 0 Å². The second-order valence-electron chi connectivity index (χ2n) is 7.26. The van der Waals surface area contributed by atoms with Crippen LogP contribution in [0, 0.1) is 5.92 Å². The Bertz CT molecular complexity index is 749. The van der Waals surface area contributed by atoms with Gasteiger partial charge in [0.15, 0.2) is 0 Å². The number of aromatic nitrogens is 2. The van der Waals surface area contributed by atoms with Crippen LogP contribution in [0.15, 0.2) is 17.2 Å². The summed E-state index contributed by atoms with van der Waals surface area (Å²) in [6.07, 6.45) is 6.83. The van der Waals surface area contributed by atoms with Gasteiger partial charge in [0.25, 0.3) is 11.1 Å². The molecule has 2 atom stereocenters. The molecule has 0 aliphatic carbocycles. The summed E-state index contributed by atoms with van der Waals surface area (Å²) < 4.78 is 0. The zero-order valence-electron chi connectivity index (χ0n) is 15.1. The van der Waals surface area contributed by atoms with Gasteiger partial charge in [-0.1, -0.05) is 0 Å². The number of anilines is 1. The van der Waals surface area contributed by atoms with Crippen LogP contribution in [0.3, 0.4) is 0 Å². The van der Waals surface area contributed by atoms with E-state index in [2.05, 4.69) is 30.8 Å². The average Bonchev–Trinajstić information content (AvgIpc) is 3.25. The first-order chi connectivity index (χ1) is 13.2. The van der Waals surface area contributed by atoms with Gasteiger partial charge in [0.05, 0.1) is 10.6 Å². The molecule has 0 saturated carbocycles. The zero-order valence-corrected chi connectivity index (χ0v) is 15.9. The maximum Gasteiger partial charge on any atom is 0.290 e. The molecule has 3 aliphatic rings. The summed E-state index contributed by atoms with van der Waals surface area (Å²) in [4.78, 5) is 34.7. The topological polar surface area (TPSA) is 99.2 Å². The summed E-state index contributed by atoms with van der Waals surface area (Å²) in [5, 5.41) is 8.77. The fourth-order valence-electron chi connectivity index (χ4n) is 3.84. The number of likely N-dealkylation sites (tertiary alicyclic amines) is 1. The fourth-order valence-corrected chi connectivity index (χ4v) is 4.50. The third kappa shape index (κ3) is 4.85. The van der Waals surface area contributed by atoms with Crippen LogP contribution in [0.25, 0.3) is 6.08 Å². The number of carbonyl (C=O) groups is 2. The van der Waals surface area contributed by atoms with Crippen molar-refractivity contribution in [3.8, 4) is 0 Å². The maximum atomic E-state index is 11.7. The second kappa shape index (κ2) is 8.37. The van der Waals surface area contributed by atoms with E-state index in [1.165, 1.54) is 12.8 Å². The zero-order chi connectivity index (χ0) is 18.6. The summed E-state index contributed by atoms with van der Waals surface area (Å²) in [7, 11) is 0. The highest BCUT2D eigenvalue weighted by Crippen LogP contribution is 2.25. The molecular formula is C18H24N6O2S. The third-order valence-electron chi connectivity index (χ3n) is 5.12. The quantitative estimate of drug-likeness (QED) is 0.649. The van der Waals surface area contributed by atoms with E-state index >= 15 is 0 Å². The van der Waals surface area contributed by atoms with Crippen molar-refractivity contribution in [3.63, 3.8) is 0 Å². The summed E-state index contributed by atoms with van der Waals surface area (Å²) >= 11 is 0.894. The highest BCUT2D eigenvalue weighted by molar-refractivity contribution is 8.18. The first kappa shape index (κ1) is 18.4. The Kier molecular flexibility index (Phi) is 5.70. The van der Waals surface area contributed by atoms with Crippen LogP contribution in [0.2, 0.25) is 0 Å². The minimum absolute atomic E-state index is 0.321. The van der Waals surface area contributed by atoms with Crippen molar-refractivity contribution in [2.24, 2.45) is 5.92 Å². The van der Waals surface area contributed by atoms with Gasteiger partial charge in [-0.25, -0.2) is 9.97 Å². The Hall–Kier alpha value is -1.97. The molecule has 0 bridgehead atoms. The van der Waals surface area contributed by atoms with E-state index < -0.39 is 0 Å². The molecular weight excluding hydrogens is 364 g/mol. The summed E-state index contributed by atoms with van der Waals surface area (Å²) in [6, 6.07) is 2.05. The van der Waals surface area contributed by atoms with Crippen molar-refractivity contribution >= 4 is 34.9 Å². The number of nitrogens with zero attached hydrogens (tertiary/aromatic N) is 3. The molecule has 3 saturated heterocycles. The van der Waals surface area contributed by atoms with Gasteiger partial charge in [0, 0.05) is 25.3 Å². The number of amides is 2. The van der Waals surface area contributed by atoms with Crippen LogP contribution in [-0.2, 0) is 4.79 Å². The molecule has 1 aromatic rings. The molecule has 4 rings (SSSR count). The first-order valence-corrected chi connectivity index (χ1v) is 10.2. The monoisotopic (exact) mass is 388 g/mol. The van der Waals surface area contributed by atoms with Gasteiger partial charge in [0.1, 0.15) is 0 Å². The van der Waals surface area contributed by atoms with Gasteiger partial charge in [-0.05, 0) is 68.7 Å². The third-order valence-corrected chi connectivity index (χ3v) is 5.93. The predicted molar refractivity (Wildman–Crippen MR) is 105 cm³/mol. The van der Waals surface area contributed by atoms with Crippen molar-refractivity contribution in [1.29, 1.82) is 0 Å². The molecule has 3 N–H and O–H groups in total. The van der Waals surface area contributed by atoms with Gasteiger partial charge < -0.3 is 15.5 Å². The Morgan fingerprint density at radius 1 is 1.37 bits per heavy atom. The summed E-state index contributed by atoms with van der Waals surface area (Å²) in [5.41, 5.74) is 0.615. The Labute approximate surface area is 162 Å². The van der Waals surface area contributed by atoms with E-state index in [0.717, 1.165) is 56.8 Å². The molecule has 4 heterocycles. The molecule has 0 spiro atoms. The van der Waals surface area contributed by atoms with Crippen LogP contribution in [0.5, 0.6) is 0 Å². The lowest BCUT2D eigenvalue weighted by Crippen LogP contribution is -2.44. The van der Waals surface area contributed by atoms with E-state index in [4.69, 9.17) is 0 Å². The molecule has 2 amide bonds. The van der Waals surface area contributed by atoms with Crippen LogP contribution in [0.4, 0.5) is 10.7 Å². The predicted octanol–water partition coefficient (Wildman–Crippen LogP) is 1.29. The molecule has 3 aliphatic heterocycles. The number of hydrogen-bond donors (Lipinski definition) is 3. The highest BCUT2D eigenvalue weighted by atomic mass is 32.2. The van der Waals surface area contributed by atoms with Crippen molar-refractivity contribution in [3.05, 3.63) is 22.9 Å². The normalized spacial score (nSPS) is 27.9. The fraction of sp³-hybridized carbons (Fsp3) is 0.556. The van der Waals surface area contributed by atoms with Crippen LogP contribution >= 0.6 is 11.8 Å². The standard InChI is InChI=1S/C18H24N6O2S/c25-16-15(27-18(26)23-16)8-13-4-6-20-17(21-13)22-14-2-1-7-24(11-14)10-12-3-5-19-9-12/h4,6,8,12,14,19H,1-3,5,7,9-11H2,(H,20,21,22)(H,23,25,26)/b15-8-/t12?,14-/m0/s1. The average molecular weight is 388 g/mol. The van der Waals surface area contributed by atoms with E-state index in [9.17, 15) is 9.59 Å². The number of imide groups is 1. The highest BCUT2D eigenvalue weighted by Gasteiger charge is 2.26. The van der Waals surface area contributed by atoms with Crippen molar-refractivity contribution < 1.29 is 9.59 Å². The molecule has 9 heteroatoms.